The zero-order valence-corrected chi connectivity index (χ0v) is 16.1. The van der Waals surface area contributed by atoms with Crippen LogP contribution in [-0.4, -0.2) is 30.5 Å². The van der Waals surface area contributed by atoms with Crippen LogP contribution < -0.4 is 4.74 Å². The number of likely N-dealkylation sites (tertiary alicyclic amines) is 1. The average molecular weight is 364 g/mol. The Bertz CT molecular complexity index is 729. The summed E-state index contributed by atoms with van der Waals surface area (Å²) in [4.78, 5) is 14.4. The molecule has 1 aliphatic rings. The summed E-state index contributed by atoms with van der Waals surface area (Å²) < 4.78 is 5.58. The van der Waals surface area contributed by atoms with Gasteiger partial charge in [0.05, 0.1) is 6.61 Å². The smallest absolute Gasteiger partial charge is 0.246 e. The van der Waals surface area contributed by atoms with E-state index in [1.807, 2.05) is 35.2 Å². The van der Waals surface area contributed by atoms with Crippen LogP contribution >= 0.6 is 0 Å². The first-order valence-corrected chi connectivity index (χ1v) is 9.98. The lowest BCUT2D eigenvalue weighted by molar-refractivity contribution is -0.127. The highest BCUT2D eigenvalue weighted by atomic mass is 16.5. The molecule has 0 unspecified atom stereocenters. The lowest BCUT2D eigenvalue weighted by Crippen LogP contribution is -2.37. The number of amides is 1. The molecular weight excluding hydrogens is 334 g/mol. The minimum Gasteiger partial charge on any atom is -0.494 e. The number of rotatable bonds is 7. The van der Waals surface area contributed by atoms with Gasteiger partial charge in [-0.3, -0.25) is 4.79 Å². The van der Waals surface area contributed by atoms with Crippen LogP contribution in [0.15, 0.2) is 60.7 Å². The Hall–Kier alpha value is -2.55. The van der Waals surface area contributed by atoms with Crippen molar-refractivity contribution in [3.8, 4) is 5.75 Å². The molecule has 0 N–H and O–H groups in total. The highest BCUT2D eigenvalue weighted by molar-refractivity contribution is 5.91. The fourth-order valence-corrected chi connectivity index (χ4v) is 3.47. The number of piperidine rings is 1. The molecule has 0 radical (unpaired) electrons. The van der Waals surface area contributed by atoms with E-state index in [2.05, 4.69) is 37.3 Å². The lowest BCUT2D eigenvalue weighted by Gasteiger charge is -2.31. The third-order valence-electron chi connectivity index (χ3n) is 5.06. The molecule has 1 heterocycles. The van der Waals surface area contributed by atoms with Crippen molar-refractivity contribution >= 4 is 12.0 Å². The summed E-state index contributed by atoms with van der Waals surface area (Å²) in [6.07, 6.45) is 7.86. The summed E-state index contributed by atoms with van der Waals surface area (Å²) in [5, 5.41) is 0. The van der Waals surface area contributed by atoms with E-state index in [4.69, 9.17) is 4.74 Å². The van der Waals surface area contributed by atoms with E-state index >= 15 is 0 Å². The van der Waals surface area contributed by atoms with Crippen molar-refractivity contribution in [2.75, 3.05) is 19.7 Å². The maximum absolute atomic E-state index is 12.5. The van der Waals surface area contributed by atoms with Crippen LogP contribution in [0.25, 0.3) is 6.08 Å². The monoisotopic (exact) mass is 363 g/mol. The second-order valence-electron chi connectivity index (χ2n) is 7.21. The normalized spacial score (nSPS) is 15.2. The van der Waals surface area contributed by atoms with Crippen LogP contribution in [0, 0.1) is 5.92 Å². The third-order valence-corrected chi connectivity index (χ3v) is 5.06. The minimum atomic E-state index is 0.111. The van der Waals surface area contributed by atoms with Gasteiger partial charge in [-0.1, -0.05) is 49.4 Å². The fourth-order valence-electron chi connectivity index (χ4n) is 3.47. The number of carbonyl (C=O) groups excluding carboxylic acids is 1. The van der Waals surface area contributed by atoms with Gasteiger partial charge in [0, 0.05) is 19.2 Å². The van der Waals surface area contributed by atoms with E-state index in [1.165, 1.54) is 5.56 Å². The number of benzene rings is 2. The van der Waals surface area contributed by atoms with Gasteiger partial charge in [-0.2, -0.15) is 0 Å². The first kappa shape index (κ1) is 19.2. The van der Waals surface area contributed by atoms with Gasteiger partial charge >= 0.3 is 0 Å². The van der Waals surface area contributed by atoms with E-state index in [9.17, 15) is 4.79 Å². The summed E-state index contributed by atoms with van der Waals surface area (Å²) in [5.41, 5.74) is 2.42. The van der Waals surface area contributed by atoms with Crippen LogP contribution in [0.3, 0.4) is 0 Å². The van der Waals surface area contributed by atoms with Crippen molar-refractivity contribution in [3.05, 3.63) is 71.8 Å². The Balaban J connectivity index is 1.45. The lowest BCUT2D eigenvalue weighted by atomic mass is 9.90. The highest BCUT2D eigenvalue weighted by Crippen LogP contribution is 2.22. The van der Waals surface area contributed by atoms with E-state index in [-0.39, 0.29) is 5.91 Å². The Morgan fingerprint density at radius 3 is 2.44 bits per heavy atom. The molecule has 0 spiro atoms. The SMILES string of the molecule is CCCOc1ccc(/C=C/C(=O)N2CCC(Cc3ccccc3)CC2)cc1. The molecular formula is C24H29NO2. The van der Waals surface area contributed by atoms with E-state index in [0.717, 1.165) is 56.7 Å². The predicted octanol–water partition coefficient (Wildman–Crippen LogP) is 4.97. The fraction of sp³-hybridized carbons (Fsp3) is 0.375. The minimum absolute atomic E-state index is 0.111. The molecule has 0 bridgehead atoms. The molecule has 1 amide bonds. The summed E-state index contributed by atoms with van der Waals surface area (Å²) in [6, 6.07) is 18.5. The maximum atomic E-state index is 12.5. The quantitative estimate of drug-likeness (QED) is 0.650. The number of carbonyl (C=O) groups is 1. The zero-order chi connectivity index (χ0) is 18.9. The van der Waals surface area contributed by atoms with Crippen molar-refractivity contribution in [1.82, 2.24) is 4.90 Å². The molecule has 3 nitrogen and oxygen atoms in total. The van der Waals surface area contributed by atoms with Gasteiger partial charge in [0.1, 0.15) is 5.75 Å². The van der Waals surface area contributed by atoms with Crippen molar-refractivity contribution < 1.29 is 9.53 Å². The first-order valence-electron chi connectivity index (χ1n) is 9.98. The highest BCUT2D eigenvalue weighted by Gasteiger charge is 2.21. The summed E-state index contributed by atoms with van der Waals surface area (Å²) in [7, 11) is 0. The van der Waals surface area contributed by atoms with Crippen LogP contribution in [0.1, 0.15) is 37.3 Å². The van der Waals surface area contributed by atoms with Crippen LogP contribution in [-0.2, 0) is 11.2 Å². The summed E-state index contributed by atoms with van der Waals surface area (Å²) in [5.74, 6) is 1.66. The summed E-state index contributed by atoms with van der Waals surface area (Å²) >= 11 is 0. The van der Waals surface area contributed by atoms with E-state index < -0.39 is 0 Å². The summed E-state index contributed by atoms with van der Waals surface area (Å²) in [6.45, 7) is 4.52. The first-order chi connectivity index (χ1) is 13.2. The van der Waals surface area contributed by atoms with Crippen LogP contribution in [0.2, 0.25) is 0 Å². The van der Waals surface area contributed by atoms with Gasteiger partial charge in [0.2, 0.25) is 5.91 Å². The van der Waals surface area contributed by atoms with E-state index in [0.29, 0.717) is 5.92 Å². The van der Waals surface area contributed by atoms with Crippen molar-refractivity contribution in [2.24, 2.45) is 5.92 Å². The molecule has 0 aromatic heterocycles. The Morgan fingerprint density at radius 2 is 1.78 bits per heavy atom. The zero-order valence-electron chi connectivity index (χ0n) is 16.1. The molecule has 3 rings (SSSR count). The van der Waals surface area contributed by atoms with Crippen LogP contribution in [0.4, 0.5) is 0 Å². The molecule has 0 aliphatic carbocycles. The largest absolute Gasteiger partial charge is 0.494 e. The van der Waals surface area contributed by atoms with Crippen molar-refractivity contribution in [2.45, 2.75) is 32.6 Å². The van der Waals surface area contributed by atoms with Gasteiger partial charge < -0.3 is 9.64 Å². The molecule has 142 valence electrons. The number of nitrogens with zero attached hydrogens (tertiary/aromatic N) is 1. The van der Waals surface area contributed by atoms with Gasteiger partial charge in [-0.05, 0) is 60.9 Å². The third kappa shape index (κ3) is 5.99. The Kier molecular flexibility index (Phi) is 7.09. The Morgan fingerprint density at radius 1 is 1.07 bits per heavy atom. The average Bonchev–Trinajstić information content (AvgIpc) is 2.72. The van der Waals surface area contributed by atoms with Crippen molar-refractivity contribution in [1.29, 1.82) is 0 Å². The molecule has 0 saturated carbocycles. The van der Waals surface area contributed by atoms with Gasteiger partial charge in [-0.15, -0.1) is 0 Å². The van der Waals surface area contributed by atoms with Gasteiger partial charge in [0.15, 0.2) is 0 Å². The van der Waals surface area contributed by atoms with Gasteiger partial charge in [0.25, 0.3) is 0 Å². The topological polar surface area (TPSA) is 29.5 Å². The molecule has 27 heavy (non-hydrogen) atoms. The maximum Gasteiger partial charge on any atom is 0.246 e. The van der Waals surface area contributed by atoms with Gasteiger partial charge in [-0.25, -0.2) is 0 Å². The molecule has 1 fully saturated rings. The number of ether oxygens (including phenoxy) is 1. The van der Waals surface area contributed by atoms with Crippen molar-refractivity contribution in [3.63, 3.8) is 0 Å². The van der Waals surface area contributed by atoms with Crippen LogP contribution in [0.5, 0.6) is 5.75 Å². The number of hydrogen-bond acceptors (Lipinski definition) is 2. The molecule has 1 saturated heterocycles. The standard InChI is InChI=1S/C24H29NO2/c1-2-18-27-23-11-8-20(9-12-23)10-13-24(26)25-16-14-22(15-17-25)19-21-6-4-3-5-7-21/h3-13,22H,2,14-19H2,1H3/b13-10+. The molecule has 0 atom stereocenters. The predicted molar refractivity (Wildman–Crippen MR) is 111 cm³/mol. The second kappa shape index (κ2) is 9.96. The molecule has 2 aromatic carbocycles. The number of hydrogen-bond donors (Lipinski definition) is 0. The van der Waals surface area contributed by atoms with E-state index in [1.54, 1.807) is 6.08 Å². The molecule has 2 aromatic rings. The molecule has 1 aliphatic heterocycles. The Labute approximate surface area is 162 Å². The molecule has 3 heteroatoms. The second-order valence-corrected chi connectivity index (χ2v) is 7.21.